The summed E-state index contributed by atoms with van der Waals surface area (Å²) in [6, 6.07) is 5.82. The highest BCUT2D eigenvalue weighted by molar-refractivity contribution is 14.0. The molecule has 0 aromatic heterocycles. The van der Waals surface area contributed by atoms with Gasteiger partial charge in [0.05, 0.1) is 0 Å². The van der Waals surface area contributed by atoms with Crippen LogP contribution in [0.5, 0.6) is 0 Å². The number of nitrogens with one attached hydrogen (secondary N) is 2. The minimum atomic E-state index is 0. The van der Waals surface area contributed by atoms with E-state index >= 15 is 0 Å². The van der Waals surface area contributed by atoms with Crippen LogP contribution < -0.4 is 10.6 Å². The molecule has 0 heterocycles. The van der Waals surface area contributed by atoms with E-state index in [-0.39, 0.29) is 24.0 Å². The van der Waals surface area contributed by atoms with Crippen LogP contribution in [0.25, 0.3) is 0 Å². The Kier molecular flexibility index (Phi) is 13.4. The molecule has 0 aliphatic heterocycles. The van der Waals surface area contributed by atoms with Crippen molar-refractivity contribution in [3.63, 3.8) is 0 Å². The highest BCUT2D eigenvalue weighted by atomic mass is 127. The Bertz CT molecular complexity index is 460. The Hall–Kier alpha value is -0.0500. The third-order valence-corrected chi connectivity index (χ3v) is 3.89. The summed E-state index contributed by atoms with van der Waals surface area (Å²) in [7, 11) is 1.77. The van der Waals surface area contributed by atoms with Gasteiger partial charge in [0.25, 0.3) is 0 Å². The SMILES string of the molecule is CCOCCCNC(=NC)NCCc1cc(Cl)ccc1Br.I. The van der Waals surface area contributed by atoms with Gasteiger partial charge in [-0.15, -0.1) is 24.0 Å². The zero-order valence-electron chi connectivity index (χ0n) is 13.0. The minimum absolute atomic E-state index is 0. The van der Waals surface area contributed by atoms with Gasteiger partial charge < -0.3 is 15.4 Å². The lowest BCUT2D eigenvalue weighted by atomic mass is 10.1. The molecule has 0 atom stereocenters. The molecule has 0 bridgehead atoms. The van der Waals surface area contributed by atoms with Crippen LogP contribution >= 0.6 is 51.5 Å². The first kappa shape index (κ1) is 21.9. The van der Waals surface area contributed by atoms with Gasteiger partial charge >= 0.3 is 0 Å². The van der Waals surface area contributed by atoms with Crippen molar-refractivity contribution in [2.75, 3.05) is 33.4 Å². The molecule has 1 rings (SSSR count). The maximum Gasteiger partial charge on any atom is 0.190 e. The molecule has 2 N–H and O–H groups in total. The Morgan fingerprint density at radius 2 is 2.05 bits per heavy atom. The van der Waals surface area contributed by atoms with Gasteiger partial charge in [-0.25, -0.2) is 0 Å². The van der Waals surface area contributed by atoms with Crippen molar-refractivity contribution in [3.05, 3.63) is 33.3 Å². The molecule has 1 aromatic carbocycles. The van der Waals surface area contributed by atoms with Crippen LogP contribution in [0.1, 0.15) is 18.9 Å². The van der Waals surface area contributed by atoms with Crippen LogP contribution in [0.2, 0.25) is 5.02 Å². The third kappa shape index (κ3) is 9.17. The van der Waals surface area contributed by atoms with Gasteiger partial charge in [0, 0.05) is 42.8 Å². The highest BCUT2D eigenvalue weighted by Crippen LogP contribution is 2.21. The van der Waals surface area contributed by atoms with Crippen LogP contribution in [0.15, 0.2) is 27.7 Å². The maximum atomic E-state index is 6.01. The van der Waals surface area contributed by atoms with Gasteiger partial charge in [0.2, 0.25) is 0 Å². The summed E-state index contributed by atoms with van der Waals surface area (Å²) >= 11 is 9.54. The van der Waals surface area contributed by atoms with E-state index in [2.05, 4.69) is 31.6 Å². The fourth-order valence-electron chi connectivity index (χ4n) is 1.80. The molecule has 126 valence electrons. The lowest BCUT2D eigenvalue weighted by Gasteiger charge is -2.12. The average Bonchev–Trinajstić information content (AvgIpc) is 2.48. The normalized spacial score (nSPS) is 11.0. The van der Waals surface area contributed by atoms with Crippen molar-refractivity contribution in [1.82, 2.24) is 10.6 Å². The van der Waals surface area contributed by atoms with Gasteiger partial charge in [-0.3, -0.25) is 4.99 Å². The highest BCUT2D eigenvalue weighted by Gasteiger charge is 2.02. The number of halogens is 3. The molecule has 0 radical (unpaired) electrons. The smallest absolute Gasteiger partial charge is 0.190 e. The van der Waals surface area contributed by atoms with Crippen LogP contribution in [-0.4, -0.2) is 39.3 Å². The Morgan fingerprint density at radius 3 is 2.73 bits per heavy atom. The van der Waals surface area contributed by atoms with Crippen LogP contribution in [0.4, 0.5) is 0 Å². The summed E-state index contributed by atoms with van der Waals surface area (Å²) in [5.41, 5.74) is 1.18. The standard InChI is InChI=1S/C15H23BrClN3O.HI/c1-3-21-10-4-8-19-15(18-2)20-9-7-12-11-13(17)5-6-14(12)16;/h5-6,11H,3-4,7-10H2,1-2H3,(H2,18,19,20);1H. The molecule has 0 spiro atoms. The molecule has 7 heteroatoms. The second-order valence-corrected chi connectivity index (χ2v) is 5.75. The molecule has 0 saturated heterocycles. The number of ether oxygens (including phenoxy) is 1. The lowest BCUT2D eigenvalue weighted by molar-refractivity contribution is 0.145. The van der Waals surface area contributed by atoms with E-state index in [0.717, 1.165) is 54.6 Å². The Balaban J connectivity index is 0.00000441. The largest absolute Gasteiger partial charge is 0.382 e. The van der Waals surface area contributed by atoms with E-state index in [0.29, 0.717) is 0 Å². The lowest BCUT2D eigenvalue weighted by Crippen LogP contribution is -2.39. The molecule has 1 aromatic rings. The minimum Gasteiger partial charge on any atom is -0.382 e. The first-order valence-electron chi connectivity index (χ1n) is 7.13. The fourth-order valence-corrected chi connectivity index (χ4v) is 2.44. The van der Waals surface area contributed by atoms with Crippen molar-refractivity contribution in [2.24, 2.45) is 4.99 Å². The number of rotatable bonds is 8. The van der Waals surface area contributed by atoms with E-state index in [4.69, 9.17) is 16.3 Å². The molecular formula is C15H24BrClIN3O. The third-order valence-electron chi connectivity index (χ3n) is 2.88. The molecule has 22 heavy (non-hydrogen) atoms. The van der Waals surface area contributed by atoms with Gasteiger partial charge in [-0.05, 0) is 43.5 Å². The van der Waals surface area contributed by atoms with Gasteiger partial charge in [0.1, 0.15) is 0 Å². The van der Waals surface area contributed by atoms with Crippen LogP contribution in [-0.2, 0) is 11.2 Å². The molecule has 0 amide bonds. The first-order valence-corrected chi connectivity index (χ1v) is 8.30. The summed E-state index contributed by atoms with van der Waals surface area (Å²) in [4.78, 5) is 4.19. The van der Waals surface area contributed by atoms with E-state index in [9.17, 15) is 0 Å². The fraction of sp³-hybridized carbons (Fsp3) is 0.533. The second kappa shape index (κ2) is 13.4. The number of aliphatic imine (C=N–C) groups is 1. The van der Waals surface area contributed by atoms with Crippen molar-refractivity contribution >= 4 is 57.5 Å². The van der Waals surface area contributed by atoms with Gasteiger partial charge in [-0.1, -0.05) is 27.5 Å². The van der Waals surface area contributed by atoms with Crippen LogP contribution in [0.3, 0.4) is 0 Å². The summed E-state index contributed by atoms with van der Waals surface area (Å²) in [6.07, 6.45) is 1.84. The van der Waals surface area contributed by atoms with Crippen molar-refractivity contribution in [1.29, 1.82) is 0 Å². The van der Waals surface area contributed by atoms with Crippen molar-refractivity contribution < 1.29 is 4.74 Å². The Morgan fingerprint density at radius 1 is 1.32 bits per heavy atom. The number of nitrogens with zero attached hydrogens (tertiary/aromatic N) is 1. The maximum absolute atomic E-state index is 6.01. The number of guanidine groups is 1. The first-order chi connectivity index (χ1) is 10.2. The quantitative estimate of drug-likeness (QED) is 0.245. The molecule has 4 nitrogen and oxygen atoms in total. The summed E-state index contributed by atoms with van der Waals surface area (Å²) in [5, 5.41) is 7.31. The van der Waals surface area contributed by atoms with E-state index < -0.39 is 0 Å². The monoisotopic (exact) mass is 503 g/mol. The molecule has 0 aliphatic carbocycles. The topological polar surface area (TPSA) is 45.6 Å². The number of benzene rings is 1. The van der Waals surface area contributed by atoms with Gasteiger partial charge in [-0.2, -0.15) is 0 Å². The summed E-state index contributed by atoms with van der Waals surface area (Å²) < 4.78 is 6.37. The number of hydrogen-bond donors (Lipinski definition) is 2. The zero-order valence-corrected chi connectivity index (χ0v) is 17.7. The molecule has 0 fully saturated rings. The van der Waals surface area contributed by atoms with Gasteiger partial charge in [0.15, 0.2) is 5.96 Å². The molecule has 0 unspecified atom stereocenters. The Labute approximate surface area is 163 Å². The van der Waals surface area contributed by atoms with Crippen molar-refractivity contribution in [2.45, 2.75) is 19.8 Å². The second-order valence-electron chi connectivity index (χ2n) is 4.46. The molecule has 0 saturated carbocycles. The number of hydrogen-bond acceptors (Lipinski definition) is 2. The molecular weight excluding hydrogens is 480 g/mol. The molecule has 0 aliphatic rings. The summed E-state index contributed by atoms with van der Waals surface area (Å²) in [5.74, 6) is 0.810. The predicted molar refractivity (Wildman–Crippen MR) is 109 cm³/mol. The zero-order chi connectivity index (χ0) is 15.5. The van der Waals surface area contributed by atoms with E-state index in [1.807, 2.05) is 25.1 Å². The van der Waals surface area contributed by atoms with Crippen molar-refractivity contribution in [3.8, 4) is 0 Å². The van der Waals surface area contributed by atoms with Crippen LogP contribution in [0, 0.1) is 0 Å². The summed E-state index contributed by atoms with van der Waals surface area (Å²) in [6.45, 7) is 5.18. The van der Waals surface area contributed by atoms with E-state index in [1.54, 1.807) is 7.05 Å². The average molecular weight is 505 g/mol. The predicted octanol–water partition coefficient (Wildman–Crippen LogP) is 3.85. The van der Waals surface area contributed by atoms with E-state index in [1.165, 1.54) is 5.56 Å².